The van der Waals surface area contributed by atoms with Crippen LogP contribution in [0.3, 0.4) is 0 Å². The Morgan fingerprint density at radius 1 is 1.38 bits per heavy atom. The third kappa shape index (κ3) is 4.82. The minimum atomic E-state index is -3.47. The summed E-state index contributed by atoms with van der Waals surface area (Å²) in [5, 5.41) is 3.14. The summed E-state index contributed by atoms with van der Waals surface area (Å²) in [6, 6.07) is 5.37. The molecule has 2 aromatic rings. The fourth-order valence-electron chi connectivity index (χ4n) is 1.81. The van der Waals surface area contributed by atoms with Crippen molar-refractivity contribution in [3.8, 4) is 0 Å². The molecule has 0 aliphatic rings. The lowest BCUT2D eigenvalue weighted by Crippen LogP contribution is -2.25. The Kier molecular flexibility index (Phi) is 5.83. The SMILES string of the molecule is CCNCc1cc(S(=O)(=O)NCCc2ccc(Cl)s2)c[nH]1. The summed E-state index contributed by atoms with van der Waals surface area (Å²) in [7, 11) is -3.47. The van der Waals surface area contributed by atoms with E-state index < -0.39 is 10.0 Å². The quantitative estimate of drug-likeness (QED) is 0.686. The van der Waals surface area contributed by atoms with Gasteiger partial charge in [0.15, 0.2) is 0 Å². The van der Waals surface area contributed by atoms with Gasteiger partial charge in [-0.2, -0.15) is 0 Å². The zero-order valence-corrected chi connectivity index (χ0v) is 14.0. The minimum Gasteiger partial charge on any atom is -0.363 e. The van der Waals surface area contributed by atoms with Crippen molar-refractivity contribution in [2.24, 2.45) is 0 Å². The second kappa shape index (κ2) is 7.42. The first-order chi connectivity index (χ1) is 10.0. The van der Waals surface area contributed by atoms with Crippen LogP contribution in [0.5, 0.6) is 0 Å². The number of thiophene rings is 1. The van der Waals surface area contributed by atoms with Gasteiger partial charge in [-0.1, -0.05) is 18.5 Å². The molecule has 0 fully saturated rings. The minimum absolute atomic E-state index is 0.264. The Balaban J connectivity index is 1.90. The Bertz CT molecular complexity index is 679. The maximum Gasteiger partial charge on any atom is 0.242 e. The van der Waals surface area contributed by atoms with Crippen molar-refractivity contribution in [2.45, 2.75) is 24.8 Å². The van der Waals surface area contributed by atoms with Crippen LogP contribution in [0.25, 0.3) is 0 Å². The molecule has 0 atom stereocenters. The van der Waals surface area contributed by atoms with E-state index in [1.165, 1.54) is 17.5 Å². The van der Waals surface area contributed by atoms with Crippen molar-refractivity contribution < 1.29 is 8.42 Å². The highest BCUT2D eigenvalue weighted by molar-refractivity contribution is 7.89. The van der Waals surface area contributed by atoms with Gasteiger partial charge in [-0.05, 0) is 31.2 Å². The van der Waals surface area contributed by atoms with Crippen molar-refractivity contribution in [3.63, 3.8) is 0 Å². The first kappa shape index (κ1) is 16.5. The molecule has 0 unspecified atom stereocenters. The van der Waals surface area contributed by atoms with Gasteiger partial charge in [0.1, 0.15) is 0 Å². The van der Waals surface area contributed by atoms with E-state index in [9.17, 15) is 8.42 Å². The van der Waals surface area contributed by atoms with Crippen LogP contribution in [0.15, 0.2) is 29.3 Å². The molecule has 0 aliphatic carbocycles. The second-order valence-electron chi connectivity index (χ2n) is 4.49. The topological polar surface area (TPSA) is 74.0 Å². The number of hydrogen-bond donors (Lipinski definition) is 3. The van der Waals surface area contributed by atoms with Crippen LogP contribution in [-0.4, -0.2) is 26.5 Å². The zero-order chi connectivity index (χ0) is 15.3. The van der Waals surface area contributed by atoms with Crippen molar-refractivity contribution in [2.75, 3.05) is 13.1 Å². The summed E-state index contributed by atoms with van der Waals surface area (Å²) >= 11 is 7.30. The van der Waals surface area contributed by atoms with Gasteiger partial charge < -0.3 is 10.3 Å². The van der Waals surface area contributed by atoms with E-state index in [0.29, 0.717) is 23.8 Å². The number of rotatable bonds is 8. The molecule has 2 aromatic heterocycles. The van der Waals surface area contributed by atoms with Crippen molar-refractivity contribution >= 4 is 33.0 Å². The summed E-state index contributed by atoms with van der Waals surface area (Å²) in [5.41, 5.74) is 0.849. The van der Waals surface area contributed by atoms with E-state index in [2.05, 4.69) is 15.0 Å². The standard InChI is InChI=1S/C13H18ClN3O2S2/c1-2-15-8-10-7-12(9-16-10)21(18,19)17-6-5-11-3-4-13(14)20-11/h3-4,7,9,15-17H,2,5-6,8H2,1H3. The molecule has 0 saturated carbocycles. The largest absolute Gasteiger partial charge is 0.363 e. The second-order valence-corrected chi connectivity index (χ2v) is 8.06. The smallest absolute Gasteiger partial charge is 0.242 e. The van der Waals surface area contributed by atoms with E-state index in [-0.39, 0.29) is 4.90 Å². The number of sulfonamides is 1. The first-order valence-corrected chi connectivity index (χ1v) is 9.31. The van der Waals surface area contributed by atoms with Crippen LogP contribution in [0.2, 0.25) is 4.34 Å². The Labute approximate surface area is 133 Å². The average Bonchev–Trinajstić information content (AvgIpc) is 3.06. The molecule has 0 spiro atoms. The average molecular weight is 348 g/mol. The van der Waals surface area contributed by atoms with Crippen LogP contribution in [0, 0.1) is 0 Å². The molecule has 2 rings (SSSR count). The van der Waals surface area contributed by atoms with Crippen molar-refractivity contribution in [1.82, 2.24) is 15.0 Å². The molecule has 0 aromatic carbocycles. The third-order valence-electron chi connectivity index (χ3n) is 2.88. The van der Waals surface area contributed by atoms with Gasteiger partial charge in [-0.25, -0.2) is 13.1 Å². The molecular formula is C13H18ClN3O2S2. The van der Waals surface area contributed by atoms with Gasteiger partial charge in [0, 0.05) is 29.9 Å². The van der Waals surface area contributed by atoms with Gasteiger partial charge in [-0.15, -0.1) is 11.3 Å². The molecule has 21 heavy (non-hydrogen) atoms. The Morgan fingerprint density at radius 3 is 2.86 bits per heavy atom. The molecule has 0 radical (unpaired) electrons. The van der Waals surface area contributed by atoms with Crippen LogP contribution in [0.1, 0.15) is 17.5 Å². The van der Waals surface area contributed by atoms with E-state index in [4.69, 9.17) is 11.6 Å². The van der Waals surface area contributed by atoms with Gasteiger partial charge >= 0.3 is 0 Å². The van der Waals surface area contributed by atoms with Crippen LogP contribution in [-0.2, 0) is 23.0 Å². The van der Waals surface area contributed by atoms with Crippen LogP contribution < -0.4 is 10.0 Å². The molecule has 0 aliphatic heterocycles. The maximum absolute atomic E-state index is 12.1. The fraction of sp³-hybridized carbons (Fsp3) is 0.385. The number of halogens is 1. The van der Waals surface area contributed by atoms with Gasteiger partial charge in [0.25, 0.3) is 0 Å². The summed E-state index contributed by atoms with van der Waals surface area (Å²) in [4.78, 5) is 4.28. The van der Waals surface area contributed by atoms with Gasteiger partial charge in [0.2, 0.25) is 10.0 Å². The number of hydrogen-bond acceptors (Lipinski definition) is 4. The normalized spacial score (nSPS) is 11.9. The number of H-pyrrole nitrogens is 1. The van der Waals surface area contributed by atoms with Crippen LogP contribution in [0.4, 0.5) is 0 Å². The molecule has 116 valence electrons. The Hall–Kier alpha value is -0.860. The molecule has 0 amide bonds. The summed E-state index contributed by atoms with van der Waals surface area (Å²) in [6.07, 6.45) is 2.14. The summed E-state index contributed by atoms with van der Waals surface area (Å²) < 4.78 is 27.6. The highest BCUT2D eigenvalue weighted by atomic mass is 35.5. The van der Waals surface area contributed by atoms with Crippen LogP contribution >= 0.6 is 22.9 Å². The Morgan fingerprint density at radius 2 is 2.19 bits per heavy atom. The lowest BCUT2D eigenvalue weighted by molar-refractivity contribution is 0.582. The monoisotopic (exact) mass is 347 g/mol. The first-order valence-electron chi connectivity index (χ1n) is 6.63. The zero-order valence-electron chi connectivity index (χ0n) is 11.6. The highest BCUT2D eigenvalue weighted by Crippen LogP contribution is 2.21. The molecule has 2 heterocycles. The predicted octanol–water partition coefficient (Wildman–Crippen LogP) is 2.36. The van der Waals surface area contributed by atoms with Crippen molar-refractivity contribution in [1.29, 1.82) is 0 Å². The fourth-order valence-corrected chi connectivity index (χ4v) is 3.95. The lowest BCUT2D eigenvalue weighted by atomic mass is 10.3. The summed E-state index contributed by atoms with van der Waals surface area (Å²) in [5.74, 6) is 0. The van der Waals surface area contributed by atoms with Gasteiger partial charge in [-0.3, -0.25) is 0 Å². The molecule has 5 nitrogen and oxygen atoms in total. The molecule has 3 N–H and O–H groups in total. The van der Waals surface area contributed by atoms with E-state index in [1.54, 1.807) is 6.07 Å². The summed E-state index contributed by atoms with van der Waals surface area (Å²) in [6.45, 7) is 3.81. The maximum atomic E-state index is 12.1. The van der Waals surface area contributed by atoms with Gasteiger partial charge in [0.05, 0.1) is 9.23 Å². The molecule has 0 bridgehead atoms. The van der Waals surface area contributed by atoms with E-state index in [1.807, 2.05) is 19.1 Å². The van der Waals surface area contributed by atoms with E-state index >= 15 is 0 Å². The molecule has 0 saturated heterocycles. The molecular weight excluding hydrogens is 330 g/mol. The molecule has 8 heteroatoms. The van der Waals surface area contributed by atoms with E-state index in [0.717, 1.165) is 17.1 Å². The lowest BCUT2D eigenvalue weighted by Gasteiger charge is -2.03. The number of nitrogens with one attached hydrogen (secondary N) is 3. The van der Waals surface area contributed by atoms with Crippen molar-refractivity contribution in [3.05, 3.63) is 39.3 Å². The number of aromatic nitrogens is 1. The predicted molar refractivity (Wildman–Crippen MR) is 86.4 cm³/mol. The number of aromatic amines is 1. The highest BCUT2D eigenvalue weighted by Gasteiger charge is 2.15. The third-order valence-corrected chi connectivity index (χ3v) is 5.62.